The molecule has 12 heteroatoms. The van der Waals surface area contributed by atoms with Crippen molar-refractivity contribution < 1.29 is 40.6 Å². The van der Waals surface area contributed by atoms with Gasteiger partial charge in [-0.3, -0.25) is 4.79 Å². The Morgan fingerprint density at radius 1 is 1.00 bits per heavy atom. The number of nitrogens with one attached hydrogen (secondary N) is 1. The minimum absolute atomic E-state index is 0.0405. The number of rotatable bonds is 7. The fourth-order valence-corrected chi connectivity index (χ4v) is 2.90. The molecule has 0 atom stereocenters. The van der Waals surface area contributed by atoms with Crippen molar-refractivity contribution in [1.29, 1.82) is 0 Å². The smallest absolute Gasteiger partial charge is 0.434 e. The van der Waals surface area contributed by atoms with E-state index in [4.69, 9.17) is 9.47 Å². The lowest BCUT2D eigenvalue weighted by Gasteiger charge is -2.14. The van der Waals surface area contributed by atoms with Crippen LogP contribution in [0.5, 0.6) is 11.5 Å². The summed E-state index contributed by atoms with van der Waals surface area (Å²) < 4.78 is 90.6. The predicted molar refractivity (Wildman–Crippen MR) is 104 cm³/mol. The Kier molecular flexibility index (Phi) is 6.84. The zero-order chi connectivity index (χ0) is 24.2. The molecule has 0 spiro atoms. The number of amides is 1. The number of nitrogens with zero attached hydrogens (tertiary/aromatic N) is 2. The Morgan fingerprint density at radius 3 is 2.27 bits per heavy atom. The second kappa shape index (κ2) is 9.43. The summed E-state index contributed by atoms with van der Waals surface area (Å²) >= 11 is 0. The van der Waals surface area contributed by atoms with Gasteiger partial charge < -0.3 is 14.8 Å². The highest BCUT2D eigenvalue weighted by Gasteiger charge is 2.41. The van der Waals surface area contributed by atoms with Crippen LogP contribution in [0.15, 0.2) is 54.7 Å². The molecule has 1 heterocycles. The number of halogens is 6. The van der Waals surface area contributed by atoms with Gasteiger partial charge in [0.15, 0.2) is 5.69 Å². The van der Waals surface area contributed by atoms with Gasteiger partial charge in [0, 0.05) is 0 Å². The highest BCUT2D eigenvalue weighted by molar-refractivity contribution is 5.95. The molecule has 0 unspecified atom stereocenters. The Labute approximate surface area is 183 Å². The summed E-state index contributed by atoms with van der Waals surface area (Å²) in [6.45, 7) is -0.169. The second-order valence-electron chi connectivity index (χ2n) is 6.64. The Hall–Kier alpha value is -3.70. The number of carbonyl (C=O) groups is 1. The van der Waals surface area contributed by atoms with Crippen molar-refractivity contribution in [2.45, 2.75) is 12.4 Å². The van der Waals surface area contributed by atoms with Gasteiger partial charge in [-0.05, 0) is 42.5 Å². The fourth-order valence-electron chi connectivity index (χ4n) is 2.90. The average Bonchev–Trinajstić information content (AvgIpc) is 3.23. The summed E-state index contributed by atoms with van der Waals surface area (Å²) in [7, 11) is 1.50. The topological polar surface area (TPSA) is 65.4 Å². The number of hydrogen-bond donors (Lipinski definition) is 1. The first-order chi connectivity index (χ1) is 15.5. The van der Waals surface area contributed by atoms with E-state index in [0.29, 0.717) is 23.8 Å². The van der Waals surface area contributed by atoms with Gasteiger partial charge in [0.05, 0.1) is 36.7 Å². The molecule has 6 nitrogen and oxygen atoms in total. The minimum atomic E-state index is -5.06. The number of benzene rings is 2. The van der Waals surface area contributed by atoms with E-state index in [1.807, 2.05) is 0 Å². The van der Waals surface area contributed by atoms with Gasteiger partial charge >= 0.3 is 12.4 Å². The third kappa shape index (κ3) is 5.76. The summed E-state index contributed by atoms with van der Waals surface area (Å²) in [6.07, 6.45) is -9.16. The van der Waals surface area contributed by atoms with E-state index in [2.05, 4.69) is 10.4 Å². The maximum Gasteiger partial charge on any atom is 0.434 e. The summed E-state index contributed by atoms with van der Waals surface area (Å²) in [6, 6.07) is 9.74. The first kappa shape index (κ1) is 24.0. The van der Waals surface area contributed by atoms with E-state index in [0.717, 1.165) is 18.2 Å². The Morgan fingerprint density at radius 2 is 1.67 bits per heavy atom. The van der Waals surface area contributed by atoms with Crippen LogP contribution in [0.3, 0.4) is 0 Å². The van der Waals surface area contributed by atoms with Crippen molar-refractivity contribution in [3.8, 4) is 17.2 Å². The summed E-state index contributed by atoms with van der Waals surface area (Å²) in [5.74, 6) is -0.0367. The summed E-state index contributed by atoms with van der Waals surface area (Å²) in [5, 5.41) is 5.80. The van der Waals surface area contributed by atoms with Crippen molar-refractivity contribution >= 4 is 5.91 Å². The number of methoxy groups -OCH3 is 1. The van der Waals surface area contributed by atoms with Crippen LogP contribution in [0, 0.1) is 0 Å². The highest BCUT2D eigenvalue weighted by Crippen LogP contribution is 2.35. The molecular formula is C21H17F6N3O3. The molecule has 2 aromatic carbocycles. The average molecular weight is 473 g/mol. The lowest BCUT2D eigenvalue weighted by molar-refractivity contribution is -0.143. The molecule has 3 rings (SSSR count). The van der Waals surface area contributed by atoms with Crippen LogP contribution in [-0.2, 0) is 12.4 Å². The molecule has 1 amide bonds. The molecule has 0 radical (unpaired) electrons. The quantitative estimate of drug-likeness (QED) is 0.398. The van der Waals surface area contributed by atoms with Crippen LogP contribution in [0.25, 0.3) is 5.69 Å². The SMILES string of the molecule is COc1ccc(OCCNC(=O)c2cnn(-c3cccc(C(F)(F)F)c3)c2C(F)(F)F)cc1. The van der Waals surface area contributed by atoms with Crippen LogP contribution < -0.4 is 14.8 Å². The summed E-state index contributed by atoms with van der Waals surface area (Å²) in [4.78, 5) is 12.4. The normalized spacial score (nSPS) is 11.8. The molecule has 0 bridgehead atoms. The van der Waals surface area contributed by atoms with Crippen molar-refractivity contribution in [1.82, 2.24) is 15.1 Å². The maximum atomic E-state index is 13.7. The molecule has 0 saturated heterocycles. The van der Waals surface area contributed by atoms with Gasteiger partial charge in [-0.2, -0.15) is 31.4 Å². The molecule has 176 valence electrons. The fraction of sp³-hybridized carbons (Fsp3) is 0.238. The zero-order valence-corrected chi connectivity index (χ0v) is 17.0. The largest absolute Gasteiger partial charge is 0.497 e. The number of aromatic nitrogens is 2. The Bertz CT molecular complexity index is 1110. The number of carbonyl (C=O) groups excluding carboxylic acids is 1. The monoisotopic (exact) mass is 473 g/mol. The van der Waals surface area contributed by atoms with E-state index in [-0.39, 0.29) is 17.8 Å². The number of alkyl halides is 6. The van der Waals surface area contributed by atoms with Gasteiger partial charge in [0.1, 0.15) is 18.1 Å². The third-order valence-electron chi connectivity index (χ3n) is 4.42. The van der Waals surface area contributed by atoms with E-state index in [1.54, 1.807) is 24.3 Å². The molecule has 0 saturated carbocycles. The molecule has 0 fully saturated rings. The van der Waals surface area contributed by atoms with Gasteiger partial charge in [0.2, 0.25) is 0 Å². The lowest BCUT2D eigenvalue weighted by Crippen LogP contribution is -2.30. The van der Waals surface area contributed by atoms with Crippen LogP contribution >= 0.6 is 0 Å². The van der Waals surface area contributed by atoms with Gasteiger partial charge in [-0.25, -0.2) is 4.68 Å². The maximum absolute atomic E-state index is 13.7. The minimum Gasteiger partial charge on any atom is -0.497 e. The van der Waals surface area contributed by atoms with Gasteiger partial charge in [-0.15, -0.1) is 0 Å². The first-order valence-corrected chi connectivity index (χ1v) is 9.38. The predicted octanol–water partition coefficient (Wildman–Crippen LogP) is 4.73. The molecular weight excluding hydrogens is 456 g/mol. The molecule has 3 aromatic rings. The molecule has 33 heavy (non-hydrogen) atoms. The van der Waals surface area contributed by atoms with Crippen molar-refractivity contribution in [3.05, 3.63) is 71.5 Å². The highest BCUT2D eigenvalue weighted by atomic mass is 19.4. The Balaban J connectivity index is 1.75. The van der Waals surface area contributed by atoms with E-state index in [1.165, 1.54) is 7.11 Å². The molecule has 0 aliphatic heterocycles. The second-order valence-corrected chi connectivity index (χ2v) is 6.64. The van der Waals surface area contributed by atoms with Crippen molar-refractivity contribution in [2.75, 3.05) is 20.3 Å². The number of ether oxygens (including phenoxy) is 2. The lowest BCUT2D eigenvalue weighted by atomic mass is 10.1. The molecule has 1 aromatic heterocycles. The third-order valence-corrected chi connectivity index (χ3v) is 4.42. The van der Waals surface area contributed by atoms with Crippen molar-refractivity contribution in [2.24, 2.45) is 0 Å². The summed E-state index contributed by atoms with van der Waals surface area (Å²) in [5.41, 5.74) is -3.95. The van der Waals surface area contributed by atoms with E-state index in [9.17, 15) is 31.1 Å². The van der Waals surface area contributed by atoms with Gasteiger partial charge in [-0.1, -0.05) is 6.07 Å². The standard InChI is InChI=1S/C21H17F6N3O3/c1-32-15-5-7-16(8-6-15)33-10-9-28-19(31)17-12-29-30(18(17)21(25,26)27)14-4-2-3-13(11-14)20(22,23)24/h2-8,11-12H,9-10H2,1H3,(H,28,31). The first-order valence-electron chi connectivity index (χ1n) is 9.38. The zero-order valence-electron chi connectivity index (χ0n) is 17.0. The van der Waals surface area contributed by atoms with Crippen LogP contribution in [0.4, 0.5) is 26.3 Å². The van der Waals surface area contributed by atoms with E-state index >= 15 is 0 Å². The van der Waals surface area contributed by atoms with Crippen LogP contribution in [-0.4, -0.2) is 35.9 Å². The molecule has 0 aliphatic carbocycles. The van der Waals surface area contributed by atoms with Crippen molar-refractivity contribution in [3.63, 3.8) is 0 Å². The number of hydrogen-bond acceptors (Lipinski definition) is 4. The van der Waals surface area contributed by atoms with Gasteiger partial charge in [0.25, 0.3) is 5.91 Å². The van der Waals surface area contributed by atoms with Crippen LogP contribution in [0.1, 0.15) is 21.6 Å². The molecule has 1 N–H and O–H groups in total. The molecule has 0 aliphatic rings. The van der Waals surface area contributed by atoms with Crippen LogP contribution in [0.2, 0.25) is 0 Å². The van der Waals surface area contributed by atoms with E-state index < -0.39 is 40.8 Å².